The van der Waals surface area contributed by atoms with Gasteiger partial charge in [-0.25, -0.2) is 9.59 Å². The van der Waals surface area contributed by atoms with Crippen LogP contribution in [0.3, 0.4) is 0 Å². The van der Waals surface area contributed by atoms with Gasteiger partial charge in [-0.15, -0.1) is 0 Å². The molecule has 0 aliphatic carbocycles. The molecular weight excluding hydrogens is 218 g/mol. The average Bonchev–Trinajstić information content (AvgIpc) is 2.48. The third-order valence-corrected chi connectivity index (χ3v) is 1.55. The Balaban J connectivity index is 2.62. The summed E-state index contributed by atoms with van der Waals surface area (Å²) >= 11 is 0. The zero-order valence-electron chi connectivity index (χ0n) is 8.34. The van der Waals surface area contributed by atoms with Crippen LogP contribution in [0.2, 0.25) is 0 Å². The lowest BCUT2D eigenvalue weighted by molar-refractivity contribution is 0.179. The second kappa shape index (κ2) is 4.87. The van der Waals surface area contributed by atoms with Gasteiger partial charge in [0.1, 0.15) is 0 Å². The Morgan fingerprint density at radius 1 is 1.38 bits per heavy atom. The molecule has 1 heterocycles. The standard InChI is InChI=1S/C7H11N5O4/c1-12-3-4(2-8-12)9-5(10-6(13)14)11-7(15)16/h2-3,5,9-11H,1H3,(H,13,14)(H,15,16). The van der Waals surface area contributed by atoms with Crippen molar-refractivity contribution in [2.24, 2.45) is 7.05 Å². The van der Waals surface area contributed by atoms with Crippen LogP contribution in [-0.2, 0) is 7.05 Å². The van der Waals surface area contributed by atoms with Gasteiger partial charge in [0.05, 0.1) is 11.9 Å². The van der Waals surface area contributed by atoms with Gasteiger partial charge in [0.2, 0.25) is 0 Å². The van der Waals surface area contributed by atoms with Crippen molar-refractivity contribution in [3.8, 4) is 0 Å². The molecule has 0 radical (unpaired) electrons. The predicted octanol–water partition coefficient (Wildman–Crippen LogP) is -0.349. The van der Waals surface area contributed by atoms with Crippen molar-refractivity contribution in [1.29, 1.82) is 0 Å². The highest BCUT2D eigenvalue weighted by Crippen LogP contribution is 2.03. The lowest BCUT2D eigenvalue weighted by Gasteiger charge is -2.17. The molecule has 0 unspecified atom stereocenters. The molecule has 0 bridgehead atoms. The van der Waals surface area contributed by atoms with Crippen LogP contribution in [0.15, 0.2) is 12.4 Å². The van der Waals surface area contributed by atoms with Crippen molar-refractivity contribution in [3.63, 3.8) is 0 Å². The Kier molecular flexibility index (Phi) is 3.53. The summed E-state index contributed by atoms with van der Waals surface area (Å²) in [4.78, 5) is 20.8. The third kappa shape index (κ3) is 3.74. The molecule has 0 saturated heterocycles. The van der Waals surface area contributed by atoms with E-state index in [4.69, 9.17) is 10.2 Å². The highest BCUT2D eigenvalue weighted by atomic mass is 16.4. The van der Waals surface area contributed by atoms with Crippen molar-refractivity contribution in [2.75, 3.05) is 5.32 Å². The molecule has 1 aromatic heterocycles. The van der Waals surface area contributed by atoms with Gasteiger partial charge in [-0.3, -0.25) is 15.3 Å². The van der Waals surface area contributed by atoms with Gasteiger partial charge in [-0.05, 0) is 0 Å². The molecule has 2 amide bonds. The number of anilines is 1. The SMILES string of the molecule is Cn1cc(NC(NC(=O)O)NC(=O)O)cn1. The van der Waals surface area contributed by atoms with E-state index in [2.05, 4.69) is 10.4 Å². The van der Waals surface area contributed by atoms with Crippen LogP contribution >= 0.6 is 0 Å². The Hall–Kier alpha value is -2.45. The van der Waals surface area contributed by atoms with Gasteiger partial charge in [-0.1, -0.05) is 0 Å². The van der Waals surface area contributed by atoms with Gasteiger partial charge in [0.25, 0.3) is 0 Å². The summed E-state index contributed by atoms with van der Waals surface area (Å²) in [5.74, 6) is 0. The van der Waals surface area contributed by atoms with E-state index >= 15 is 0 Å². The molecule has 9 heteroatoms. The molecule has 5 N–H and O–H groups in total. The molecule has 9 nitrogen and oxygen atoms in total. The van der Waals surface area contributed by atoms with E-state index < -0.39 is 18.5 Å². The number of nitrogens with one attached hydrogen (secondary N) is 3. The smallest absolute Gasteiger partial charge is 0.407 e. The van der Waals surface area contributed by atoms with Gasteiger partial charge in [0, 0.05) is 13.2 Å². The molecule has 0 spiro atoms. The molecule has 16 heavy (non-hydrogen) atoms. The first-order valence-corrected chi connectivity index (χ1v) is 4.21. The number of aryl methyl sites for hydroxylation is 1. The summed E-state index contributed by atoms with van der Waals surface area (Å²) in [7, 11) is 1.68. The summed E-state index contributed by atoms with van der Waals surface area (Å²) in [6.07, 6.45) is -0.843. The van der Waals surface area contributed by atoms with E-state index in [1.54, 1.807) is 13.2 Å². The number of rotatable bonds is 4. The summed E-state index contributed by atoms with van der Waals surface area (Å²) in [5.41, 5.74) is 0.481. The van der Waals surface area contributed by atoms with Crippen LogP contribution in [0, 0.1) is 0 Å². The monoisotopic (exact) mass is 229 g/mol. The maximum absolute atomic E-state index is 10.4. The Bertz CT molecular complexity index is 374. The fraction of sp³-hybridized carbons (Fsp3) is 0.286. The lowest BCUT2D eigenvalue weighted by atomic mass is 10.5. The van der Waals surface area contributed by atoms with E-state index in [1.807, 2.05) is 10.6 Å². The first-order valence-electron chi connectivity index (χ1n) is 4.21. The summed E-state index contributed by atoms with van der Waals surface area (Å²) < 4.78 is 1.49. The summed E-state index contributed by atoms with van der Waals surface area (Å²) in [5, 5.41) is 27.3. The topological polar surface area (TPSA) is 129 Å². The maximum atomic E-state index is 10.4. The lowest BCUT2D eigenvalue weighted by Crippen LogP contribution is -2.51. The molecule has 1 rings (SSSR count). The van der Waals surface area contributed by atoms with Crippen molar-refractivity contribution in [1.82, 2.24) is 20.4 Å². The number of carbonyl (C=O) groups is 2. The fourth-order valence-electron chi connectivity index (χ4n) is 1.02. The normalized spacial score (nSPS) is 9.88. The minimum atomic E-state index is -1.35. The highest BCUT2D eigenvalue weighted by molar-refractivity contribution is 5.69. The zero-order valence-corrected chi connectivity index (χ0v) is 8.34. The second-order valence-electron chi connectivity index (χ2n) is 2.88. The van der Waals surface area contributed by atoms with Crippen LogP contribution in [0.5, 0.6) is 0 Å². The average molecular weight is 229 g/mol. The van der Waals surface area contributed by atoms with Crippen molar-refractivity contribution >= 4 is 17.9 Å². The van der Waals surface area contributed by atoms with Crippen molar-refractivity contribution in [2.45, 2.75) is 6.29 Å². The molecule has 0 aliphatic heterocycles. The largest absolute Gasteiger partial charge is 0.465 e. The van der Waals surface area contributed by atoms with E-state index in [9.17, 15) is 9.59 Å². The zero-order chi connectivity index (χ0) is 12.1. The van der Waals surface area contributed by atoms with Gasteiger partial charge in [-0.2, -0.15) is 5.10 Å². The minimum absolute atomic E-state index is 0.481. The first kappa shape index (κ1) is 11.6. The summed E-state index contributed by atoms with van der Waals surface area (Å²) in [6, 6.07) is 0. The Morgan fingerprint density at radius 3 is 2.31 bits per heavy atom. The molecule has 0 aliphatic rings. The molecular formula is C7H11N5O4. The molecule has 0 saturated carbocycles. The van der Waals surface area contributed by atoms with E-state index in [1.165, 1.54) is 10.9 Å². The minimum Gasteiger partial charge on any atom is -0.465 e. The number of hydrogen-bond donors (Lipinski definition) is 5. The van der Waals surface area contributed by atoms with Crippen LogP contribution in [0.25, 0.3) is 0 Å². The van der Waals surface area contributed by atoms with Crippen molar-refractivity contribution < 1.29 is 19.8 Å². The van der Waals surface area contributed by atoms with E-state index in [0.717, 1.165) is 0 Å². The van der Waals surface area contributed by atoms with Crippen LogP contribution in [0.4, 0.5) is 15.3 Å². The third-order valence-electron chi connectivity index (χ3n) is 1.55. The Labute approximate surface area is 90.1 Å². The van der Waals surface area contributed by atoms with E-state index in [-0.39, 0.29) is 0 Å². The molecule has 1 aromatic rings. The number of hydrogen-bond acceptors (Lipinski definition) is 4. The summed E-state index contributed by atoms with van der Waals surface area (Å²) in [6.45, 7) is 0. The number of aromatic nitrogens is 2. The fourth-order valence-corrected chi connectivity index (χ4v) is 1.02. The van der Waals surface area contributed by atoms with Crippen LogP contribution in [0.1, 0.15) is 0 Å². The highest BCUT2D eigenvalue weighted by Gasteiger charge is 2.13. The van der Waals surface area contributed by atoms with Crippen molar-refractivity contribution in [3.05, 3.63) is 12.4 Å². The van der Waals surface area contributed by atoms with Gasteiger partial charge in [0.15, 0.2) is 6.29 Å². The van der Waals surface area contributed by atoms with Gasteiger partial charge >= 0.3 is 12.2 Å². The number of amides is 2. The number of nitrogens with zero attached hydrogens (tertiary/aromatic N) is 2. The molecule has 0 aromatic carbocycles. The predicted molar refractivity (Wildman–Crippen MR) is 52.9 cm³/mol. The van der Waals surface area contributed by atoms with Crippen LogP contribution < -0.4 is 16.0 Å². The molecule has 0 atom stereocenters. The molecule has 88 valence electrons. The quantitative estimate of drug-likeness (QED) is 0.449. The molecule has 0 fully saturated rings. The van der Waals surface area contributed by atoms with Crippen LogP contribution in [-0.4, -0.2) is 38.5 Å². The maximum Gasteiger partial charge on any atom is 0.407 e. The van der Waals surface area contributed by atoms with E-state index in [0.29, 0.717) is 5.69 Å². The second-order valence-corrected chi connectivity index (χ2v) is 2.88. The Morgan fingerprint density at radius 2 is 1.94 bits per heavy atom. The first-order chi connectivity index (χ1) is 7.47. The van der Waals surface area contributed by atoms with Gasteiger partial charge < -0.3 is 15.5 Å². The number of carboxylic acid groups (broad SMARTS) is 2.